The topological polar surface area (TPSA) is 41.0 Å². The van der Waals surface area contributed by atoms with Crippen LogP contribution in [0.4, 0.5) is 17.3 Å². The summed E-state index contributed by atoms with van der Waals surface area (Å²) in [5.41, 5.74) is 0.742. The Hall–Kier alpha value is -1.52. The molecule has 4 nitrogen and oxygen atoms in total. The van der Waals surface area contributed by atoms with Gasteiger partial charge in [0, 0.05) is 19.2 Å². The number of anilines is 3. The van der Waals surface area contributed by atoms with Crippen molar-refractivity contribution in [1.82, 2.24) is 9.97 Å². The number of aromatic nitrogens is 2. The van der Waals surface area contributed by atoms with Crippen LogP contribution in [0.25, 0.3) is 0 Å². The first-order valence-electron chi connectivity index (χ1n) is 7.41. The molecule has 0 unspecified atom stereocenters. The molecule has 6 heteroatoms. The third-order valence-electron chi connectivity index (χ3n) is 3.97. The van der Waals surface area contributed by atoms with Gasteiger partial charge >= 0.3 is 0 Å². The van der Waals surface area contributed by atoms with Gasteiger partial charge in [0.2, 0.25) is 0 Å². The maximum atomic E-state index is 6.20. The zero-order valence-corrected chi connectivity index (χ0v) is 13.9. The van der Waals surface area contributed by atoms with Crippen molar-refractivity contribution in [2.75, 3.05) is 23.3 Å². The normalized spacial score (nSPS) is 15.9. The Morgan fingerprint density at radius 3 is 2.73 bits per heavy atom. The van der Waals surface area contributed by atoms with Gasteiger partial charge in [0.05, 0.1) is 15.7 Å². The molecule has 1 aliphatic heterocycles. The number of hydrogen-bond acceptors (Lipinski definition) is 4. The summed E-state index contributed by atoms with van der Waals surface area (Å²) in [6.45, 7) is 4.37. The minimum Gasteiger partial charge on any atom is -0.356 e. The highest BCUT2D eigenvalue weighted by atomic mass is 35.5. The zero-order valence-electron chi connectivity index (χ0n) is 12.4. The molecule has 1 aliphatic rings. The van der Waals surface area contributed by atoms with Gasteiger partial charge in [0.25, 0.3) is 0 Å². The van der Waals surface area contributed by atoms with Crippen LogP contribution in [0.1, 0.15) is 19.8 Å². The lowest BCUT2D eigenvalue weighted by Crippen LogP contribution is -2.33. The predicted molar refractivity (Wildman–Crippen MR) is 92.4 cm³/mol. The van der Waals surface area contributed by atoms with Gasteiger partial charge in [-0.15, -0.1) is 0 Å². The summed E-state index contributed by atoms with van der Waals surface area (Å²) in [6.07, 6.45) is 3.98. The van der Waals surface area contributed by atoms with Gasteiger partial charge < -0.3 is 10.2 Å². The summed E-state index contributed by atoms with van der Waals surface area (Å²) in [4.78, 5) is 10.9. The standard InChI is InChI=1S/C16H18Cl2N4/c1-11-5-7-22(8-6-11)15-9-14(19-10-20-15)21-13-4-2-3-12(17)16(13)18/h2-4,9-11H,5-8H2,1H3,(H,19,20,21). The molecule has 1 N–H and O–H groups in total. The number of piperidine rings is 1. The van der Waals surface area contributed by atoms with Gasteiger partial charge in [-0.2, -0.15) is 0 Å². The second-order valence-corrected chi connectivity index (χ2v) is 6.44. The Labute approximate surface area is 140 Å². The lowest BCUT2D eigenvalue weighted by Gasteiger charge is -2.31. The van der Waals surface area contributed by atoms with Gasteiger partial charge in [0.1, 0.15) is 18.0 Å². The maximum absolute atomic E-state index is 6.20. The number of nitrogens with one attached hydrogen (secondary N) is 1. The number of halogens is 2. The van der Waals surface area contributed by atoms with Crippen molar-refractivity contribution < 1.29 is 0 Å². The molecule has 1 fully saturated rings. The SMILES string of the molecule is CC1CCN(c2cc(Nc3cccc(Cl)c3Cl)ncn2)CC1. The second kappa shape index (κ2) is 6.71. The molecule has 0 aliphatic carbocycles. The van der Waals surface area contributed by atoms with Gasteiger partial charge in [0.15, 0.2) is 0 Å². The molecule has 1 aromatic carbocycles. The molecule has 1 aromatic heterocycles. The molecule has 0 atom stereocenters. The molecule has 0 spiro atoms. The van der Waals surface area contributed by atoms with E-state index in [4.69, 9.17) is 23.2 Å². The first-order valence-corrected chi connectivity index (χ1v) is 8.17. The van der Waals surface area contributed by atoms with Crippen LogP contribution in [-0.2, 0) is 0 Å². The molecule has 116 valence electrons. The van der Waals surface area contributed by atoms with Crippen LogP contribution >= 0.6 is 23.2 Å². The van der Waals surface area contributed by atoms with Crippen LogP contribution < -0.4 is 10.2 Å². The fourth-order valence-electron chi connectivity index (χ4n) is 2.56. The molecule has 0 saturated carbocycles. The average Bonchev–Trinajstić information content (AvgIpc) is 2.53. The molecular weight excluding hydrogens is 319 g/mol. The predicted octanol–water partition coefficient (Wildman–Crippen LogP) is 4.76. The maximum Gasteiger partial charge on any atom is 0.135 e. The zero-order chi connectivity index (χ0) is 15.5. The van der Waals surface area contributed by atoms with Crippen LogP contribution in [0.3, 0.4) is 0 Å². The molecule has 0 bridgehead atoms. The minimum atomic E-state index is 0.496. The van der Waals surface area contributed by atoms with Crippen LogP contribution in [0, 0.1) is 5.92 Å². The van der Waals surface area contributed by atoms with Crippen molar-refractivity contribution in [2.45, 2.75) is 19.8 Å². The smallest absolute Gasteiger partial charge is 0.135 e. The van der Waals surface area contributed by atoms with Crippen LogP contribution in [0.15, 0.2) is 30.6 Å². The van der Waals surface area contributed by atoms with Crippen molar-refractivity contribution in [1.29, 1.82) is 0 Å². The number of rotatable bonds is 3. The summed E-state index contributed by atoms with van der Waals surface area (Å²) in [6, 6.07) is 7.44. The Morgan fingerprint density at radius 1 is 1.18 bits per heavy atom. The monoisotopic (exact) mass is 336 g/mol. The molecule has 0 radical (unpaired) electrons. The van der Waals surface area contributed by atoms with Crippen molar-refractivity contribution in [3.63, 3.8) is 0 Å². The lowest BCUT2D eigenvalue weighted by molar-refractivity contribution is 0.436. The lowest BCUT2D eigenvalue weighted by atomic mass is 9.99. The molecule has 1 saturated heterocycles. The van der Waals surface area contributed by atoms with Gasteiger partial charge in [-0.1, -0.05) is 36.2 Å². The summed E-state index contributed by atoms with van der Waals surface area (Å²) in [7, 11) is 0. The third kappa shape index (κ3) is 3.45. The van der Waals surface area contributed by atoms with E-state index in [0.29, 0.717) is 15.9 Å². The van der Waals surface area contributed by atoms with E-state index in [9.17, 15) is 0 Å². The fraction of sp³-hybridized carbons (Fsp3) is 0.375. The first-order chi connectivity index (χ1) is 10.6. The van der Waals surface area contributed by atoms with Crippen molar-refractivity contribution >= 4 is 40.5 Å². The number of hydrogen-bond donors (Lipinski definition) is 1. The van der Waals surface area contributed by atoms with Crippen LogP contribution in [0.2, 0.25) is 10.0 Å². The van der Waals surface area contributed by atoms with Crippen molar-refractivity contribution in [3.05, 3.63) is 40.6 Å². The molecule has 3 rings (SSSR count). The Bertz CT molecular complexity index is 654. The number of benzene rings is 1. The first kappa shape index (κ1) is 15.4. The summed E-state index contributed by atoms with van der Waals surface area (Å²) in [5.74, 6) is 2.45. The molecule has 2 heterocycles. The Kier molecular flexibility index (Phi) is 4.69. The van der Waals surface area contributed by atoms with Gasteiger partial charge in [-0.05, 0) is 30.9 Å². The van der Waals surface area contributed by atoms with E-state index in [1.54, 1.807) is 12.4 Å². The summed E-state index contributed by atoms with van der Waals surface area (Å²) >= 11 is 12.2. The molecule has 0 amide bonds. The van der Waals surface area contributed by atoms with Gasteiger partial charge in [-0.3, -0.25) is 0 Å². The van der Waals surface area contributed by atoms with E-state index >= 15 is 0 Å². The van der Waals surface area contributed by atoms with Crippen molar-refractivity contribution in [2.24, 2.45) is 5.92 Å². The highest BCUT2D eigenvalue weighted by molar-refractivity contribution is 6.43. The summed E-state index contributed by atoms with van der Waals surface area (Å²) in [5, 5.41) is 4.22. The number of nitrogens with zero attached hydrogens (tertiary/aromatic N) is 3. The van der Waals surface area contributed by atoms with E-state index in [0.717, 1.165) is 30.5 Å². The largest absolute Gasteiger partial charge is 0.356 e. The van der Waals surface area contributed by atoms with Crippen LogP contribution in [0.5, 0.6) is 0 Å². The molecule has 22 heavy (non-hydrogen) atoms. The van der Waals surface area contributed by atoms with E-state index in [1.165, 1.54) is 12.8 Å². The molecular formula is C16H18Cl2N4. The minimum absolute atomic E-state index is 0.496. The Balaban J connectivity index is 1.78. The third-order valence-corrected chi connectivity index (χ3v) is 4.79. The van der Waals surface area contributed by atoms with Crippen molar-refractivity contribution in [3.8, 4) is 0 Å². The van der Waals surface area contributed by atoms with E-state index in [2.05, 4.69) is 27.1 Å². The highest BCUT2D eigenvalue weighted by Crippen LogP contribution is 2.32. The fourth-order valence-corrected chi connectivity index (χ4v) is 2.91. The van der Waals surface area contributed by atoms with Gasteiger partial charge in [-0.25, -0.2) is 9.97 Å². The van der Waals surface area contributed by atoms with E-state index in [1.807, 2.05) is 18.2 Å². The van der Waals surface area contributed by atoms with Crippen LogP contribution in [-0.4, -0.2) is 23.1 Å². The molecule has 2 aromatic rings. The van der Waals surface area contributed by atoms with E-state index in [-0.39, 0.29) is 0 Å². The van der Waals surface area contributed by atoms with E-state index < -0.39 is 0 Å². The average molecular weight is 337 g/mol. The second-order valence-electron chi connectivity index (χ2n) is 5.66. The summed E-state index contributed by atoms with van der Waals surface area (Å²) < 4.78 is 0. The quantitative estimate of drug-likeness (QED) is 0.876. The highest BCUT2D eigenvalue weighted by Gasteiger charge is 2.17. The Morgan fingerprint density at radius 2 is 1.95 bits per heavy atom.